The first-order valence-corrected chi connectivity index (χ1v) is 11.2. The summed E-state index contributed by atoms with van der Waals surface area (Å²) in [5, 5.41) is 5.42. The number of benzene rings is 1. The van der Waals surface area contributed by atoms with Gasteiger partial charge >= 0.3 is 5.97 Å². The third-order valence-electron chi connectivity index (χ3n) is 4.57. The maximum Gasteiger partial charge on any atom is 0.341 e. The Morgan fingerprint density at radius 3 is 2.34 bits per heavy atom. The molecular formula is C23H25NO3S2. The molecule has 0 radical (unpaired) electrons. The molecule has 1 amide bonds. The van der Waals surface area contributed by atoms with Crippen molar-refractivity contribution in [3.63, 3.8) is 0 Å². The Morgan fingerprint density at radius 2 is 1.79 bits per heavy atom. The quantitative estimate of drug-likeness (QED) is 0.472. The highest BCUT2D eigenvalue weighted by molar-refractivity contribution is 7.18. The predicted octanol–water partition coefficient (Wildman–Crippen LogP) is 6.51. The van der Waals surface area contributed by atoms with Crippen molar-refractivity contribution < 1.29 is 14.3 Å². The summed E-state index contributed by atoms with van der Waals surface area (Å²) < 4.78 is 5.28. The van der Waals surface area contributed by atoms with Gasteiger partial charge in [0, 0.05) is 20.9 Å². The molecule has 152 valence electrons. The number of aryl methyl sites for hydroxylation is 1. The molecule has 6 heteroatoms. The molecule has 3 rings (SSSR count). The number of carbonyl (C=O) groups is 2. The topological polar surface area (TPSA) is 55.4 Å². The van der Waals surface area contributed by atoms with Crippen LogP contribution in [0.15, 0.2) is 41.8 Å². The molecule has 0 unspecified atom stereocenters. The highest BCUT2D eigenvalue weighted by atomic mass is 32.1. The van der Waals surface area contributed by atoms with Gasteiger partial charge in [0.2, 0.25) is 0 Å². The smallest absolute Gasteiger partial charge is 0.341 e. The van der Waals surface area contributed by atoms with Crippen molar-refractivity contribution in [1.29, 1.82) is 0 Å². The zero-order valence-corrected chi connectivity index (χ0v) is 18.9. The number of ether oxygens (including phenoxy) is 1. The van der Waals surface area contributed by atoms with Crippen LogP contribution in [0.2, 0.25) is 0 Å². The van der Waals surface area contributed by atoms with Gasteiger partial charge in [0.05, 0.1) is 6.61 Å². The Hall–Kier alpha value is -2.44. The molecule has 2 aromatic heterocycles. The van der Waals surface area contributed by atoms with Crippen LogP contribution < -0.4 is 5.32 Å². The maximum atomic E-state index is 12.9. The summed E-state index contributed by atoms with van der Waals surface area (Å²) in [5.41, 5.74) is 3.00. The average Bonchev–Trinajstić information content (AvgIpc) is 3.28. The number of hydrogen-bond donors (Lipinski definition) is 1. The van der Waals surface area contributed by atoms with Crippen LogP contribution in [-0.2, 0) is 10.2 Å². The first kappa shape index (κ1) is 21.3. The Bertz CT molecular complexity index is 1010. The Morgan fingerprint density at radius 1 is 1.10 bits per heavy atom. The molecule has 0 aliphatic rings. The van der Waals surface area contributed by atoms with Crippen LogP contribution in [-0.4, -0.2) is 18.5 Å². The minimum absolute atomic E-state index is 0.0204. The van der Waals surface area contributed by atoms with E-state index in [1.54, 1.807) is 18.3 Å². The van der Waals surface area contributed by atoms with Gasteiger partial charge in [0.1, 0.15) is 10.6 Å². The molecule has 0 atom stereocenters. The lowest BCUT2D eigenvalue weighted by Gasteiger charge is -2.19. The average molecular weight is 428 g/mol. The van der Waals surface area contributed by atoms with Crippen LogP contribution in [0.4, 0.5) is 5.00 Å². The van der Waals surface area contributed by atoms with Crippen LogP contribution in [0.3, 0.4) is 0 Å². The third-order valence-corrected chi connectivity index (χ3v) is 6.48. The molecule has 1 aromatic carbocycles. The zero-order valence-electron chi connectivity index (χ0n) is 17.3. The number of hydrogen-bond acceptors (Lipinski definition) is 5. The van der Waals surface area contributed by atoms with Gasteiger partial charge in [-0.05, 0) is 48.4 Å². The van der Waals surface area contributed by atoms with E-state index in [0.29, 0.717) is 16.1 Å². The van der Waals surface area contributed by atoms with Crippen molar-refractivity contribution in [2.24, 2.45) is 0 Å². The monoisotopic (exact) mass is 427 g/mol. The van der Waals surface area contributed by atoms with Gasteiger partial charge in [0.15, 0.2) is 0 Å². The predicted molar refractivity (Wildman–Crippen MR) is 121 cm³/mol. The summed E-state index contributed by atoms with van der Waals surface area (Å²) >= 11 is 2.96. The van der Waals surface area contributed by atoms with E-state index in [1.807, 2.05) is 48.7 Å². The second-order valence-electron chi connectivity index (χ2n) is 7.72. The van der Waals surface area contributed by atoms with E-state index in [4.69, 9.17) is 4.74 Å². The SMILES string of the molecule is CCOC(=O)c1c(NC(=O)c2ccc(C(C)(C)C)cc2)sc(C)c1-c1cccs1. The van der Waals surface area contributed by atoms with Gasteiger partial charge in [-0.2, -0.15) is 0 Å². The summed E-state index contributed by atoms with van der Waals surface area (Å²) in [7, 11) is 0. The van der Waals surface area contributed by atoms with Crippen LogP contribution in [0.1, 0.15) is 58.9 Å². The first-order valence-electron chi connectivity index (χ1n) is 9.48. The maximum absolute atomic E-state index is 12.9. The van der Waals surface area contributed by atoms with Gasteiger partial charge in [-0.25, -0.2) is 4.79 Å². The van der Waals surface area contributed by atoms with E-state index in [-0.39, 0.29) is 17.9 Å². The number of anilines is 1. The van der Waals surface area contributed by atoms with Crippen LogP contribution in [0.5, 0.6) is 0 Å². The normalized spacial score (nSPS) is 11.3. The van der Waals surface area contributed by atoms with Crippen molar-refractivity contribution in [3.8, 4) is 10.4 Å². The minimum atomic E-state index is -0.418. The molecule has 0 aliphatic heterocycles. The fourth-order valence-electron chi connectivity index (χ4n) is 3.05. The molecule has 0 aliphatic carbocycles. The Kier molecular flexibility index (Phi) is 6.24. The summed E-state index contributed by atoms with van der Waals surface area (Å²) in [4.78, 5) is 27.5. The number of nitrogens with one attached hydrogen (secondary N) is 1. The Labute approximate surface area is 179 Å². The zero-order chi connectivity index (χ0) is 21.2. The second kappa shape index (κ2) is 8.51. The molecule has 0 spiro atoms. The molecule has 3 aromatic rings. The van der Waals surface area contributed by atoms with Crippen LogP contribution in [0, 0.1) is 6.92 Å². The lowest BCUT2D eigenvalue weighted by Crippen LogP contribution is -2.16. The summed E-state index contributed by atoms with van der Waals surface area (Å²) in [6.07, 6.45) is 0. The van der Waals surface area contributed by atoms with Gasteiger partial charge in [-0.3, -0.25) is 4.79 Å². The molecule has 0 saturated carbocycles. The fourth-order valence-corrected chi connectivity index (χ4v) is 5.00. The first-order chi connectivity index (χ1) is 13.7. The lowest BCUT2D eigenvalue weighted by atomic mass is 9.87. The van der Waals surface area contributed by atoms with E-state index in [0.717, 1.165) is 20.9 Å². The van der Waals surface area contributed by atoms with Crippen molar-refractivity contribution in [1.82, 2.24) is 0 Å². The van der Waals surface area contributed by atoms with Gasteiger partial charge in [-0.1, -0.05) is 39.0 Å². The van der Waals surface area contributed by atoms with Crippen LogP contribution in [0.25, 0.3) is 10.4 Å². The van der Waals surface area contributed by atoms with E-state index in [1.165, 1.54) is 11.3 Å². The lowest BCUT2D eigenvalue weighted by molar-refractivity contribution is 0.0529. The highest BCUT2D eigenvalue weighted by Crippen LogP contribution is 2.42. The van der Waals surface area contributed by atoms with Gasteiger partial charge in [0.25, 0.3) is 5.91 Å². The fraction of sp³-hybridized carbons (Fsp3) is 0.304. The molecule has 1 N–H and O–H groups in total. The Balaban J connectivity index is 1.95. The molecule has 4 nitrogen and oxygen atoms in total. The van der Waals surface area contributed by atoms with Crippen molar-refractivity contribution >= 4 is 39.6 Å². The summed E-state index contributed by atoms with van der Waals surface area (Å²) in [5.74, 6) is -0.659. The largest absolute Gasteiger partial charge is 0.462 e. The molecule has 2 heterocycles. The molecule has 0 saturated heterocycles. The van der Waals surface area contributed by atoms with Gasteiger partial charge < -0.3 is 10.1 Å². The number of amides is 1. The minimum Gasteiger partial charge on any atom is -0.462 e. The molecular weight excluding hydrogens is 402 g/mol. The summed E-state index contributed by atoms with van der Waals surface area (Å²) in [6.45, 7) is 10.4. The third kappa shape index (κ3) is 4.60. The molecule has 29 heavy (non-hydrogen) atoms. The molecule has 0 fully saturated rings. The van der Waals surface area contributed by atoms with Crippen LogP contribution >= 0.6 is 22.7 Å². The van der Waals surface area contributed by atoms with Crippen molar-refractivity contribution in [2.75, 3.05) is 11.9 Å². The van der Waals surface area contributed by atoms with E-state index >= 15 is 0 Å². The highest BCUT2D eigenvalue weighted by Gasteiger charge is 2.26. The number of thiophene rings is 2. The number of carbonyl (C=O) groups excluding carboxylic acids is 2. The van der Waals surface area contributed by atoms with E-state index < -0.39 is 5.97 Å². The van der Waals surface area contributed by atoms with E-state index in [9.17, 15) is 9.59 Å². The number of rotatable bonds is 5. The standard InChI is InChI=1S/C23H25NO3S2/c1-6-27-22(26)19-18(17-8-7-13-28-17)14(2)29-21(19)24-20(25)15-9-11-16(12-10-15)23(3,4)5/h7-13H,6H2,1-5H3,(H,24,25). The summed E-state index contributed by atoms with van der Waals surface area (Å²) in [6, 6.07) is 11.5. The van der Waals surface area contributed by atoms with E-state index in [2.05, 4.69) is 26.1 Å². The van der Waals surface area contributed by atoms with Gasteiger partial charge in [-0.15, -0.1) is 22.7 Å². The van der Waals surface area contributed by atoms with Crippen molar-refractivity contribution in [2.45, 2.75) is 40.0 Å². The molecule has 0 bridgehead atoms. The van der Waals surface area contributed by atoms with Crippen molar-refractivity contribution in [3.05, 3.63) is 63.3 Å². The number of esters is 1. The second-order valence-corrected chi connectivity index (χ2v) is 9.89.